The average molecular weight is 527 g/mol. The van der Waals surface area contributed by atoms with Crippen LogP contribution in [0, 0.1) is 16.0 Å². The summed E-state index contributed by atoms with van der Waals surface area (Å²) in [5.74, 6) is -0.963. The van der Waals surface area contributed by atoms with Crippen molar-refractivity contribution in [2.24, 2.45) is 5.92 Å². The van der Waals surface area contributed by atoms with E-state index in [1.807, 2.05) is 0 Å². The van der Waals surface area contributed by atoms with Crippen LogP contribution in [0.15, 0.2) is 48.5 Å². The lowest BCUT2D eigenvalue weighted by Gasteiger charge is -2.25. The SMILES string of the molecule is C[C@H](OC(=O)Oc1ccc([N+](=O)[O-])cc1)C(=O)N[C@H]1CN(C(=O)OCC2CC2)c2ccccc2N(C)C1=O. The number of nitrogens with zero attached hydrogens (tertiary/aromatic N) is 3. The Balaban J connectivity index is 1.41. The summed E-state index contributed by atoms with van der Waals surface area (Å²) in [4.78, 5) is 63.9. The average Bonchev–Trinajstić information content (AvgIpc) is 3.74. The van der Waals surface area contributed by atoms with E-state index in [0.29, 0.717) is 17.3 Å². The van der Waals surface area contributed by atoms with E-state index in [4.69, 9.17) is 14.2 Å². The predicted octanol–water partition coefficient (Wildman–Crippen LogP) is 3.01. The quantitative estimate of drug-likeness (QED) is 0.248. The number of rotatable bonds is 7. The first-order valence-corrected chi connectivity index (χ1v) is 11.9. The van der Waals surface area contributed by atoms with Gasteiger partial charge in [-0.25, -0.2) is 9.59 Å². The normalized spacial score (nSPS) is 17.5. The van der Waals surface area contributed by atoms with Crippen molar-refractivity contribution < 1.29 is 38.3 Å². The third-order valence-corrected chi connectivity index (χ3v) is 6.09. The second-order valence-corrected chi connectivity index (χ2v) is 8.94. The van der Waals surface area contributed by atoms with Crippen molar-refractivity contribution in [2.75, 3.05) is 30.0 Å². The highest BCUT2D eigenvalue weighted by Gasteiger charge is 2.37. The first-order valence-electron chi connectivity index (χ1n) is 11.9. The molecule has 38 heavy (non-hydrogen) atoms. The van der Waals surface area contributed by atoms with Crippen molar-refractivity contribution in [1.29, 1.82) is 0 Å². The number of amides is 3. The van der Waals surface area contributed by atoms with Gasteiger partial charge in [-0.1, -0.05) is 12.1 Å². The minimum Gasteiger partial charge on any atom is -0.449 e. The summed E-state index contributed by atoms with van der Waals surface area (Å²) in [6.45, 7) is 1.36. The molecule has 1 aliphatic carbocycles. The van der Waals surface area contributed by atoms with Crippen molar-refractivity contribution in [1.82, 2.24) is 5.32 Å². The van der Waals surface area contributed by atoms with Crippen LogP contribution in [-0.4, -0.2) is 61.3 Å². The van der Waals surface area contributed by atoms with E-state index in [2.05, 4.69) is 5.32 Å². The summed E-state index contributed by atoms with van der Waals surface area (Å²) in [6.07, 6.45) is -1.23. The number of likely N-dealkylation sites (N-methyl/N-ethyl adjacent to an activating group) is 1. The number of carbonyl (C=O) groups excluding carboxylic acids is 4. The van der Waals surface area contributed by atoms with Gasteiger partial charge in [-0.3, -0.25) is 24.6 Å². The number of benzene rings is 2. The highest BCUT2D eigenvalue weighted by atomic mass is 16.7. The Morgan fingerprint density at radius 3 is 2.39 bits per heavy atom. The molecular weight excluding hydrogens is 500 g/mol. The molecule has 0 radical (unpaired) electrons. The fraction of sp³-hybridized carbons (Fsp3) is 0.360. The molecule has 0 bridgehead atoms. The predicted molar refractivity (Wildman–Crippen MR) is 133 cm³/mol. The molecule has 200 valence electrons. The molecule has 1 N–H and O–H groups in total. The van der Waals surface area contributed by atoms with Crippen molar-refractivity contribution in [3.05, 3.63) is 58.6 Å². The fourth-order valence-corrected chi connectivity index (χ4v) is 3.76. The fourth-order valence-electron chi connectivity index (χ4n) is 3.76. The Morgan fingerprint density at radius 1 is 1.11 bits per heavy atom. The van der Waals surface area contributed by atoms with Gasteiger partial charge in [0.25, 0.3) is 17.5 Å². The number of non-ortho nitro benzene ring substituents is 1. The molecule has 2 atom stereocenters. The van der Waals surface area contributed by atoms with Crippen LogP contribution in [0.25, 0.3) is 0 Å². The van der Waals surface area contributed by atoms with Crippen LogP contribution in [0.1, 0.15) is 19.8 Å². The van der Waals surface area contributed by atoms with Gasteiger partial charge in [0.1, 0.15) is 11.8 Å². The maximum atomic E-state index is 13.2. The van der Waals surface area contributed by atoms with Gasteiger partial charge in [0.15, 0.2) is 6.10 Å². The van der Waals surface area contributed by atoms with Crippen LogP contribution in [0.4, 0.5) is 26.7 Å². The van der Waals surface area contributed by atoms with E-state index in [-0.39, 0.29) is 24.6 Å². The number of nitro benzene ring substituents is 1. The third kappa shape index (κ3) is 6.17. The summed E-state index contributed by atoms with van der Waals surface area (Å²) in [5.41, 5.74) is 0.731. The molecule has 3 amide bonds. The second-order valence-electron chi connectivity index (χ2n) is 8.94. The lowest BCUT2D eigenvalue weighted by Crippen LogP contribution is -2.54. The van der Waals surface area contributed by atoms with Gasteiger partial charge in [-0.15, -0.1) is 0 Å². The molecule has 0 spiro atoms. The first-order chi connectivity index (χ1) is 18.1. The maximum absolute atomic E-state index is 13.2. The van der Waals surface area contributed by atoms with Gasteiger partial charge in [0.05, 0.1) is 29.4 Å². The Morgan fingerprint density at radius 2 is 1.76 bits per heavy atom. The summed E-state index contributed by atoms with van der Waals surface area (Å²) in [7, 11) is 1.53. The van der Waals surface area contributed by atoms with Crippen molar-refractivity contribution >= 4 is 41.1 Å². The number of hydrogen-bond donors (Lipinski definition) is 1. The number of hydrogen-bond acceptors (Lipinski definition) is 9. The first kappa shape index (κ1) is 26.4. The summed E-state index contributed by atoms with van der Waals surface area (Å²) >= 11 is 0. The molecule has 2 aromatic carbocycles. The smallest absolute Gasteiger partial charge is 0.449 e. The number of ether oxygens (including phenoxy) is 3. The molecule has 1 heterocycles. The Labute approximate surface area is 217 Å². The Kier molecular flexibility index (Phi) is 7.74. The minimum absolute atomic E-state index is 0.0214. The largest absolute Gasteiger partial charge is 0.514 e. The lowest BCUT2D eigenvalue weighted by atomic mass is 10.2. The van der Waals surface area contributed by atoms with Crippen LogP contribution in [-0.2, 0) is 19.1 Å². The number of carbonyl (C=O) groups is 4. The number of nitro groups is 1. The minimum atomic E-state index is -1.36. The second kappa shape index (κ2) is 11.2. The zero-order chi connectivity index (χ0) is 27.4. The van der Waals surface area contributed by atoms with Crippen LogP contribution in [0.2, 0.25) is 0 Å². The number of nitrogens with one attached hydrogen (secondary N) is 1. The monoisotopic (exact) mass is 526 g/mol. The number of fused-ring (bicyclic) bond motifs is 1. The maximum Gasteiger partial charge on any atom is 0.514 e. The molecule has 13 heteroatoms. The molecule has 1 aliphatic heterocycles. The molecule has 13 nitrogen and oxygen atoms in total. The molecule has 1 fully saturated rings. The molecular formula is C25H26N4O9. The lowest BCUT2D eigenvalue weighted by molar-refractivity contribution is -0.384. The molecule has 1 saturated carbocycles. The Hall–Kier alpha value is -4.68. The van der Waals surface area contributed by atoms with Crippen LogP contribution < -0.4 is 19.9 Å². The zero-order valence-electron chi connectivity index (χ0n) is 20.7. The molecule has 0 aromatic heterocycles. The van der Waals surface area contributed by atoms with Crippen molar-refractivity contribution in [3.63, 3.8) is 0 Å². The molecule has 2 aliphatic rings. The third-order valence-electron chi connectivity index (χ3n) is 6.09. The summed E-state index contributed by atoms with van der Waals surface area (Å²) in [6, 6.07) is 10.4. The van der Waals surface area contributed by atoms with Gasteiger partial charge in [0.2, 0.25) is 0 Å². The van der Waals surface area contributed by atoms with Gasteiger partial charge < -0.3 is 24.4 Å². The van der Waals surface area contributed by atoms with Crippen LogP contribution >= 0.6 is 0 Å². The standard InChI is InChI=1S/C25H26N4O9/c1-15(37-25(33)38-18-11-9-17(10-12-18)29(34)35)22(30)26-19-13-28(24(32)36-14-16-7-8-16)21-6-4-3-5-20(21)27(2)23(19)31/h3-6,9-12,15-16,19H,7-8,13-14H2,1-2H3,(H,26,30)/t15-,19-/m0/s1. The van der Waals surface area contributed by atoms with E-state index in [0.717, 1.165) is 25.0 Å². The van der Waals surface area contributed by atoms with E-state index in [9.17, 15) is 29.3 Å². The van der Waals surface area contributed by atoms with E-state index < -0.39 is 41.1 Å². The summed E-state index contributed by atoms with van der Waals surface area (Å²) < 4.78 is 15.4. The van der Waals surface area contributed by atoms with Gasteiger partial charge in [-0.2, -0.15) is 0 Å². The van der Waals surface area contributed by atoms with Gasteiger partial charge >= 0.3 is 12.2 Å². The highest BCUT2D eigenvalue weighted by Crippen LogP contribution is 2.33. The van der Waals surface area contributed by atoms with Crippen LogP contribution in [0.5, 0.6) is 5.75 Å². The van der Waals surface area contributed by atoms with Crippen molar-refractivity contribution in [2.45, 2.75) is 31.9 Å². The Bertz CT molecular complexity index is 1250. The zero-order valence-corrected chi connectivity index (χ0v) is 20.7. The van der Waals surface area contributed by atoms with Gasteiger partial charge in [0, 0.05) is 19.2 Å². The summed E-state index contributed by atoms with van der Waals surface area (Å²) in [5, 5.41) is 13.3. The van der Waals surface area contributed by atoms with E-state index in [1.54, 1.807) is 24.3 Å². The van der Waals surface area contributed by atoms with E-state index >= 15 is 0 Å². The molecule has 0 saturated heterocycles. The highest BCUT2D eigenvalue weighted by molar-refractivity contribution is 6.06. The van der Waals surface area contributed by atoms with Gasteiger partial charge in [-0.05, 0) is 49.9 Å². The van der Waals surface area contributed by atoms with Crippen molar-refractivity contribution in [3.8, 4) is 5.75 Å². The number of anilines is 2. The molecule has 4 rings (SSSR count). The van der Waals surface area contributed by atoms with E-state index in [1.165, 1.54) is 35.9 Å². The number of para-hydroxylation sites is 2. The molecule has 2 aromatic rings. The molecule has 0 unspecified atom stereocenters. The topological polar surface area (TPSA) is 158 Å². The van der Waals surface area contributed by atoms with Crippen LogP contribution in [0.3, 0.4) is 0 Å².